The molecule has 0 spiro atoms. The summed E-state index contributed by atoms with van der Waals surface area (Å²) in [6.07, 6.45) is 3.17. The lowest BCUT2D eigenvalue weighted by Crippen LogP contribution is -2.35. The van der Waals surface area contributed by atoms with Crippen molar-refractivity contribution >= 4 is 39.0 Å². The number of ether oxygens (including phenoxy) is 1. The molecule has 2 heterocycles. The van der Waals surface area contributed by atoms with Gasteiger partial charge in [-0.2, -0.15) is 0 Å². The monoisotopic (exact) mass is 396 g/mol. The van der Waals surface area contributed by atoms with Gasteiger partial charge in [-0.05, 0) is 24.6 Å². The van der Waals surface area contributed by atoms with Gasteiger partial charge in [-0.3, -0.25) is 4.79 Å². The van der Waals surface area contributed by atoms with E-state index in [0.717, 1.165) is 0 Å². The van der Waals surface area contributed by atoms with E-state index in [1.807, 2.05) is 0 Å². The first kappa shape index (κ1) is 18.4. The van der Waals surface area contributed by atoms with E-state index < -0.39 is 15.7 Å². The molecule has 1 aromatic heterocycles. The molecular weight excluding hydrogens is 380 g/mol. The van der Waals surface area contributed by atoms with Gasteiger partial charge in [0, 0.05) is 24.1 Å². The number of anilines is 2. The Balaban J connectivity index is 1.63. The van der Waals surface area contributed by atoms with E-state index >= 15 is 0 Å². The van der Waals surface area contributed by atoms with Gasteiger partial charge in [-0.1, -0.05) is 11.6 Å². The van der Waals surface area contributed by atoms with Crippen LogP contribution in [-0.4, -0.2) is 49.0 Å². The molecule has 1 fully saturated rings. The Morgan fingerprint density at radius 2 is 2.04 bits per heavy atom. The lowest BCUT2D eigenvalue weighted by atomic mass is 10.2. The van der Waals surface area contributed by atoms with Crippen molar-refractivity contribution in [3.63, 3.8) is 0 Å². The van der Waals surface area contributed by atoms with Crippen molar-refractivity contribution in [3.05, 3.63) is 41.2 Å². The first-order valence-corrected chi connectivity index (χ1v) is 10.00. The Labute approximate surface area is 155 Å². The molecule has 1 aliphatic heterocycles. The van der Waals surface area contributed by atoms with Crippen LogP contribution in [0.3, 0.4) is 0 Å². The Morgan fingerprint density at radius 3 is 2.62 bits per heavy atom. The topological polar surface area (TPSA) is 110 Å². The molecule has 3 rings (SSSR count). The predicted octanol–water partition coefficient (Wildman–Crippen LogP) is 1.80. The van der Waals surface area contributed by atoms with Crippen LogP contribution in [0, 0.1) is 0 Å². The molecule has 0 aliphatic carbocycles. The van der Waals surface area contributed by atoms with Crippen molar-refractivity contribution in [1.29, 1.82) is 0 Å². The average Bonchev–Trinajstić information content (AvgIpc) is 2.94. The van der Waals surface area contributed by atoms with Gasteiger partial charge < -0.3 is 15.4 Å². The summed E-state index contributed by atoms with van der Waals surface area (Å²) in [5.74, 6) is 0.524. The predicted molar refractivity (Wildman–Crippen MR) is 97.8 cm³/mol. The van der Waals surface area contributed by atoms with E-state index in [9.17, 15) is 13.2 Å². The van der Waals surface area contributed by atoms with Crippen LogP contribution in [0.2, 0.25) is 5.02 Å². The van der Waals surface area contributed by atoms with E-state index in [1.54, 1.807) is 18.2 Å². The Morgan fingerprint density at radius 1 is 1.31 bits per heavy atom. The molecule has 0 bridgehead atoms. The van der Waals surface area contributed by atoms with Gasteiger partial charge >= 0.3 is 0 Å². The summed E-state index contributed by atoms with van der Waals surface area (Å²) in [6, 6.07) is 4.77. The number of halogens is 1. The van der Waals surface area contributed by atoms with Gasteiger partial charge in [0.2, 0.25) is 5.95 Å². The van der Waals surface area contributed by atoms with E-state index in [1.165, 1.54) is 19.5 Å². The standard InChI is InChI=1S/C16H17ClN4O4S/c1-25-14-3-2-11(6-13(14)17)21-16-18-7-10(8-19-16)15(22)20-12-4-5-26(23,24)9-12/h2-3,6-8,12H,4-5,9H2,1H3,(H,20,22)(H,18,19,21). The number of nitrogens with zero attached hydrogens (tertiary/aromatic N) is 2. The summed E-state index contributed by atoms with van der Waals surface area (Å²) in [5, 5.41) is 6.11. The first-order chi connectivity index (χ1) is 12.4. The second-order valence-corrected chi connectivity index (χ2v) is 8.48. The second kappa shape index (κ2) is 7.46. The molecule has 8 nitrogen and oxygen atoms in total. The minimum Gasteiger partial charge on any atom is -0.495 e. The summed E-state index contributed by atoms with van der Waals surface area (Å²) in [6.45, 7) is 0. The number of amides is 1. The van der Waals surface area contributed by atoms with Crippen LogP contribution in [0.15, 0.2) is 30.6 Å². The largest absolute Gasteiger partial charge is 0.495 e. The van der Waals surface area contributed by atoms with Crippen molar-refractivity contribution < 1.29 is 17.9 Å². The molecule has 1 aromatic carbocycles. The third-order valence-electron chi connectivity index (χ3n) is 3.89. The number of methoxy groups -OCH3 is 1. The lowest BCUT2D eigenvalue weighted by Gasteiger charge is -2.11. The summed E-state index contributed by atoms with van der Waals surface area (Å²) < 4.78 is 28.0. The van der Waals surface area contributed by atoms with E-state index in [0.29, 0.717) is 28.8 Å². The van der Waals surface area contributed by atoms with Crippen molar-refractivity contribution in [2.45, 2.75) is 12.5 Å². The third-order valence-corrected chi connectivity index (χ3v) is 5.95. The molecule has 138 valence electrons. The molecule has 26 heavy (non-hydrogen) atoms. The summed E-state index contributed by atoms with van der Waals surface area (Å²) in [4.78, 5) is 20.3. The number of benzene rings is 1. The zero-order valence-corrected chi connectivity index (χ0v) is 15.5. The summed E-state index contributed by atoms with van der Waals surface area (Å²) in [5.41, 5.74) is 0.928. The number of hydrogen-bond acceptors (Lipinski definition) is 7. The maximum absolute atomic E-state index is 12.2. The fourth-order valence-electron chi connectivity index (χ4n) is 2.56. The quantitative estimate of drug-likeness (QED) is 0.792. The highest BCUT2D eigenvalue weighted by molar-refractivity contribution is 7.91. The number of carbonyl (C=O) groups excluding carboxylic acids is 1. The fourth-order valence-corrected chi connectivity index (χ4v) is 4.49. The smallest absolute Gasteiger partial charge is 0.254 e. The minimum absolute atomic E-state index is 0.0303. The molecule has 2 aromatic rings. The molecular formula is C16H17ClN4O4S. The number of carbonyl (C=O) groups is 1. The molecule has 1 saturated heterocycles. The number of aromatic nitrogens is 2. The number of hydrogen-bond donors (Lipinski definition) is 2. The van der Waals surface area contributed by atoms with Crippen LogP contribution < -0.4 is 15.4 Å². The van der Waals surface area contributed by atoms with E-state index in [2.05, 4.69) is 20.6 Å². The van der Waals surface area contributed by atoms with E-state index in [4.69, 9.17) is 16.3 Å². The Hall–Kier alpha value is -2.39. The Kier molecular flexibility index (Phi) is 5.28. The van der Waals surface area contributed by atoms with Crippen molar-refractivity contribution in [3.8, 4) is 5.75 Å². The molecule has 1 aliphatic rings. The van der Waals surface area contributed by atoms with Crippen molar-refractivity contribution in [2.24, 2.45) is 0 Å². The van der Waals surface area contributed by atoms with Gasteiger partial charge in [0.05, 0.1) is 29.2 Å². The van der Waals surface area contributed by atoms with Crippen LogP contribution in [0.4, 0.5) is 11.6 Å². The maximum atomic E-state index is 12.2. The number of nitrogens with one attached hydrogen (secondary N) is 2. The molecule has 0 saturated carbocycles. The molecule has 1 atom stereocenters. The summed E-state index contributed by atoms with van der Waals surface area (Å²) >= 11 is 6.06. The van der Waals surface area contributed by atoms with Gasteiger partial charge in [0.25, 0.3) is 5.91 Å². The second-order valence-electron chi connectivity index (χ2n) is 5.84. The highest BCUT2D eigenvalue weighted by Gasteiger charge is 2.29. The molecule has 1 amide bonds. The lowest BCUT2D eigenvalue weighted by molar-refractivity contribution is 0.0940. The minimum atomic E-state index is -3.05. The highest BCUT2D eigenvalue weighted by atomic mass is 35.5. The third kappa shape index (κ3) is 4.41. The van der Waals surface area contributed by atoms with Gasteiger partial charge in [0.1, 0.15) is 5.75 Å². The van der Waals surface area contributed by atoms with Gasteiger partial charge in [0.15, 0.2) is 9.84 Å². The van der Waals surface area contributed by atoms with Crippen LogP contribution in [0.1, 0.15) is 16.8 Å². The first-order valence-electron chi connectivity index (χ1n) is 7.80. The zero-order chi connectivity index (χ0) is 18.7. The highest BCUT2D eigenvalue weighted by Crippen LogP contribution is 2.28. The van der Waals surface area contributed by atoms with Crippen LogP contribution >= 0.6 is 11.6 Å². The maximum Gasteiger partial charge on any atom is 0.254 e. The normalized spacial score (nSPS) is 18.3. The number of rotatable bonds is 5. The zero-order valence-electron chi connectivity index (χ0n) is 13.9. The molecule has 0 radical (unpaired) electrons. The van der Waals surface area contributed by atoms with Crippen LogP contribution in [0.5, 0.6) is 5.75 Å². The SMILES string of the molecule is COc1ccc(Nc2ncc(C(=O)NC3CCS(=O)(=O)C3)cn2)cc1Cl. The van der Waals surface area contributed by atoms with Crippen LogP contribution in [0.25, 0.3) is 0 Å². The fraction of sp³-hybridized carbons (Fsp3) is 0.312. The Bertz CT molecular complexity index is 918. The molecule has 2 N–H and O–H groups in total. The molecule has 1 unspecified atom stereocenters. The average molecular weight is 397 g/mol. The van der Waals surface area contributed by atoms with Crippen molar-refractivity contribution in [1.82, 2.24) is 15.3 Å². The molecule has 10 heteroatoms. The number of sulfone groups is 1. The van der Waals surface area contributed by atoms with Gasteiger partial charge in [-0.15, -0.1) is 0 Å². The van der Waals surface area contributed by atoms with Crippen LogP contribution in [-0.2, 0) is 9.84 Å². The van der Waals surface area contributed by atoms with E-state index in [-0.39, 0.29) is 23.1 Å². The van der Waals surface area contributed by atoms with Crippen molar-refractivity contribution in [2.75, 3.05) is 23.9 Å². The van der Waals surface area contributed by atoms with Gasteiger partial charge in [-0.25, -0.2) is 18.4 Å². The summed E-state index contributed by atoms with van der Waals surface area (Å²) in [7, 11) is -1.52.